The van der Waals surface area contributed by atoms with Crippen molar-refractivity contribution in [1.29, 1.82) is 0 Å². The van der Waals surface area contributed by atoms with E-state index in [1.807, 2.05) is 27.2 Å². The Morgan fingerprint density at radius 3 is 1.75 bits per heavy atom. The SMILES string of the molecule is CCCCCC/C=C\C/C=C\CCCCCCCC(=O)NC(COP(=O)([O-])OCC[N+](C)(C)C)C(O)/C=C/CCCCCCCCCC. The Bertz CT molecular complexity index is 886. The number of amides is 1. The number of quaternary nitrogens is 1. The molecule has 0 aromatic carbocycles. The van der Waals surface area contributed by atoms with Gasteiger partial charge in [-0.3, -0.25) is 9.36 Å². The fraction of sp³-hybridized carbons (Fsp3) is 0.821. The molecule has 9 heteroatoms. The van der Waals surface area contributed by atoms with Crippen LogP contribution in [0.15, 0.2) is 36.5 Å². The van der Waals surface area contributed by atoms with Crippen LogP contribution >= 0.6 is 7.82 Å². The zero-order chi connectivity index (χ0) is 35.8. The van der Waals surface area contributed by atoms with Crippen LogP contribution in [0, 0.1) is 0 Å². The van der Waals surface area contributed by atoms with Gasteiger partial charge in [-0.05, 0) is 51.4 Å². The number of nitrogens with zero attached hydrogens (tertiary/aromatic N) is 1. The van der Waals surface area contributed by atoms with Gasteiger partial charge >= 0.3 is 0 Å². The van der Waals surface area contributed by atoms with E-state index in [1.54, 1.807) is 6.08 Å². The molecule has 3 unspecified atom stereocenters. The number of allylic oxidation sites excluding steroid dienone is 5. The van der Waals surface area contributed by atoms with Crippen molar-refractivity contribution in [1.82, 2.24) is 5.32 Å². The molecule has 0 fully saturated rings. The minimum atomic E-state index is -4.58. The van der Waals surface area contributed by atoms with Crippen LogP contribution in [0.3, 0.4) is 0 Å². The van der Waals surface area contributed by atoms with Gasteiger partial charge in [-0.1, -0.05) is 134 Å². The number of hydrogen-bond acceptors (Lipinski definition) is 6. The fourth-order valence-electron chi connectivity index (χ4n) is 5.18. The quantitative estimate of drug-likeness (QED) is 0.0300. The summed E-state index contributed by atoms with van der Waals surface area (Å²) in [5.41, 5.74) is 0. The normalized spacial score (nSPS) is 15.1. The van der Waals surface area contributed by atoms with Gasteiger partial charge in [0.25, 0.3) is 7.82 Å². The van der Waals surface area contributed by atoms with Crippen LogP contribution in [-0.2, 0) is 18.4 Å². The minimum absolute atomic E-state index is 0.00471. The molecule has 48 heavy (non-hydrogen) atoms. The average molecular weight is 699 g/mol. The molecule has 3 atom stereocenters. The van der Waals surface area contributed by atoms with Crippen molar-refractivity contribution >= 4 is 13.7 Å². The number of likely N-dealkylation sites (N-methyl/N-ethyl adjacent to an activating group) is 1. The van der Waals surface area contributed by atoms with E-state index in [-0.39, 0.29) is 19.1 Å². The third-order valence-corrected chi connectivity index (χ3v) is 9.31. The monoisotopic (exact) mass is 699 g/mol. The number of aliphatic hydroxyl groups is 1. The molecule has 0 aliphatic carbocycles. The number of hydrogen-bond donors (Lipinski definition) is 2. The lowest BCUT2D eigenvalue weighted by molar-refractivity contribution is -0.870. The fourth-order valence-corrected chi connectivity index (χ4v) is 5.90. The Balaban J connectivity index is 4.52. The second-order valence-electron chi connectivity index (χ2n) is 14.3. The van der Waals surface area contributed by atoms with Crippen LogP contribution in [0.25, 0.3) is 0 Å². The summed E-state index contributed by atoms with van der Waals surface area (Å²) in [6.07, 6.45) is 36.1. The first-order valence-electron chi connectivity index (χ1n) is 19.4. The molecule has 0 aromatic rings. The summed E-state index contributed by atoms with van der Waals surface area (Å²) >= 11 is 0. The Morgan fingerprint density at radius 2 is 1.21 bits per heavy atom. The predicted molar refractivity (Wildman–Crippen MR) is 201 cm³/mol. The Hall–Kier alpha value is -1.28. The van der Waals surface area contributed by atoms with E-state index < -0.39 is 20.0 Å². The zero-order valence-corrected chi connectivity index (χ0v) is 32.6. The summed E-state index contributed by atoms with van der Waals surface area (Å²) in [5, 5.41) is 13.7. The van der Waals surface area contributed by atoms with Gasteiger partial charge in [-0.25, -0.2) is 0 Å². The highest BCUT2D eigenvalue weighted by Gasteiger charge is 2.23. The highest BCUT2D eigenvalue weighted by atomic mass is 31.2. The van der Waals surface area contributed by atoms with Crippen molar-refractivity contribution in [2.45, 2.75) is 167 Å². The number of unbranched alkanes of at least 4 members (excludes halogenated alkanes) is 17. The summed E-state index contributed by atoms with van der Waals surface area (Å²) in [4.78, 5) is 25.1. The summed E-state index contributed by atoms with van der Waals surface area (Å²) in [6, 6.07) is -0.890. The van der Waals surface area contributed by atoms with E-state index in [4.69, 9.17) is 9.05 Å². The first kappa shape index (κ1) is 46.7. The zero-order valence-electron chi connectivity index (χ0n) is 31.7. The van der Waals surface area contributed by atoms with Crippen LogP contribution in [0.5, 0.6) is 0 Å². The van der Waals surface area contributed by atoms with Crippen LogP contribution in [0.4, 0.5) is 0 Å². The number of rotatable bonds is 34. The molecule has 0 spiro atoms. The van der Waals surface area contributed by atoms with Crippen LogP contribution < -0.4 is 10.2 Å². The van der Waals surface area contributed by atoms with Gasteiger partial charge in [-0.15, -0.1) is 0 Å². The van der Waals surface area contributed by atoms with E-state index in [9.17, 15) is 19.4 Å². The van der Waals surface area contributed by atoms with Crippen molar-refractivity contribution in [3.63, 3.8) is 0 Å². The van der Waals surface area contributed by atoms with Gasteiger partial charge in [0.2, 0.25) is 5.91 Å². The Morgan fingerprint density at radius 1 is 0.729 bits per heavy atom. The van der Waals surface area contributed by atoms with Crippen molar-refractivity contribution in [3.05, 3.63) is 36.5 Å². The van der Waals surface area contributed by atoms with Crippen LogP contribution in [-0.4, -0.2) is 68.5 Å². The highest BCUT2D eigenvalue weighted by molar-refractivity contribution is 7.45. The first-order valence-corrected chi connectivity index (χ1v) is 20.8. The maximum absolute atomic E-state index is 12.8. The van der Waals surface area contributed by atoms with Crippen LogP contribution in [0.1, 0.15) is 155 Å². The van der Waals surface area contributed by atoms with E-state index in [0.717, 1.165) is 64.2 Å². The first-order chi connectivity index (χ1) is 23.0. The van der Waals surface area contributed by atoms with Gasteiger partial charge in [0.05, 0.1) is 39.9 Å². The van der Waals surface area contributed by atoms with Crippen molar-refractivity contribution in [2.75, 3.05) is 40.9 Å². The van der Waals surface area contributed by atoms with Gasteiger partial charge in [-0.2, -0.15) is 0 Å². The molecule has 0 radical (unpaired) electrons. The molecular weight excluding hydrogens is 623 g/mol. The molecule has 0 rings (SSSR count). The highest BCUT2D eigenvalue weighted by Crippen LogP contribution is 2.38. The number of phosphoric acid groups is 1. The number of carbonyl (C=O) groups excluding carboxylic acids is 1. The molecule has 0 saturated heterocycles. The lowest BCUT2D eigenvalue weighted by Crippen LogP contribution is -2.45. The molecule has 0 aliphatic rings. The second kappa shape index (κ2) is 31.7. The van der Waals surface area contributed by atoms with Gasteiger partial charge < -0.3 is 28.8 Å². The summed E-state index contributed by atoms with van der Waals surface area (Å²) < 4.78 is 23.0. The maximum Gasteiger partial charge on any atom is 0.268 e. The summed E-state index contributed by atoms with van der Waals surface area (Å²) in [5.74, 6) is -0.216. The molecule has 282 valence electrons. The summed E-state index contributed by atoms with van der Waals surface area (Å²) in [6.45, 7) is 4.57. The lowest BCUT2D eigenvalue weighted by atomic mass is 10.1. The molecule has 0 bridgehead atoms. The van der Waals surface area contributed by atoms with E-state index in [0.29, 0.717) is 17.4 Å². The molecule has 0 saturated carbocycles. The predicted octanol–water partition coefficient (Wildman–Crippen LogP) is 9.33. The molecule has 8 nitrogen and oxygen atoms in total. The second-order valence-corrected chi connectivity index (χ2v) is 15.7. The molecule has 0 aliphatic heterocycles. The van der Waals surface area contributed by atoms with Crippen molar-refractivity contribution < 1.29 is 32.9 Å². The third-order valence-electron chi connectivity index (χ3n) is 8.34. The molecule has 0 heterocycles. The average Bonchev–Trinajstić information content (AvgIpc) is 3.02. The topological polar surface area (TPSA) is 108 Å². The lowest BCUT2D eigenvalue weighted by Gasteiger charge is -2.29. The van der Waals surface area contributed by atoms with E-state index in [2.05, 4.69) is 43.5 Å². The Kier molecular flexibility index (Phi) is 30.8. The van der Waals surface area contributed by atoms with Crippen molar-refractivity contribution in [2.24, 2.45) is 0 Å². The number of aliphatic hydroxyl groups excluding tert-OH is 1. The van der Waals surface area contributed by atoms with Crippen molar-refractivity contribution in [3.8, 4) is 0 Å². The van der Waals surface area contributed by atoms with E-state index >= 15 is 0 Å². The van der Waals surface area contributed by atoms with Gasteiger partial charge in [0, 0.05) is 6.42 Å². The number of nitrogens with one attached hydrogen (secondary N) is 1. The number of phosphoric ester groups is 1. The molecular formula is C39H75N2O6P. The van der Waals surface area contributed by atoms with Gasteiger partial charge in [0.1, 0.15) is 13.2 Å². The Labute approximate surface area is 296 Å². The number of carbonyl (C=O) groups is 1. The van der Waals surface area contributed by atoms with E-state index in [1.165, 1.54) is 70.6 Å². The smallest absolute Gasteiger partial charge is 0.268 e. The van der Waals surface area contributed by atoms with Gasteiger partial charge in [0.15, 0.2) is 0 Å². The summed E-state index contributed by atoms with van der Waals surface area (Å²) in [7, 11) is 1.24. The third kappa shape index (κ3) is 33.2. The molecule has 2 N–H and O–H groups in total. The molecule has 0 aromatic heterocycles. The largest absolute Gasteiger partial charge is 0.756 e. The van der Waals surface area contributed by atoms with Crippen LogP contribution in [0.2, 0.25) is 0 Å². The standard InChI is InChI=1S/C39H75N2O6P/c1-6-8-10-12-14-16-18-19-20-21-22-23-25-27-29-31-33-39(43)40-37(36-47-48(44,45)46-35-34-41(3,4)5)38(42)32-30-28-26-24-17-15-13-11-9-7-2/h16,18,20-21,30,32,37-38,42H,6-15,17,19,22-29,31,33-36H2,1-5H3,(H-,40,43,44,45)/b18-16-,21-20-,32-30+. The minimum Gasteiger partial charge on any atom is -0.756 e. The molecule has 1 amide bonds. The maximum atomic E-state index is 12.8.